The number of hydrogen-bond donors (Lipinski definition) is 2. The summed E-state index contributed by atoms with van der Waals surface area (Å²) in [5, 5.41) is 16.8. The fourth-order valence-electron chi connectivity index (χ4n) is 3.17. The Labute approximate surface area is 191 Å². The van der Waals surface area contributed by atoms with Crippen molar-refractivity contribution in [1.29, 1.82) is 0 Å². The van der Waals surface area contributed by atoms with E-state index in [0.29, 0.717) is 12.8 Å². The molecule has 0 unspecified atom stereocenters. The van der Waals surface area contributed by atoms with E-state index < -0.39 is 11.9 Å². The van der Waals surface area contributed by atoms with Gasteiger partial charge in [-0.15, -0.1) is 0 Å². The van der Waals surface area contributed by atoms with Crippen molar-refractivity contribution in [2.45, 2.75) is 142 Å². The minimum Gasteiger partial charge on any atom is -0.481 e. The third-order valence-corrected chi connectivity index (χ3v) is 4.99. The van der Waals surface area contributed by atoms with Crippen molar-refractivity contribution >= 4 is 11.9 Å². The zero-order valence-electron chi connectivity index (χ0n) is 19.2. The van der Waals surface area contributed by atoms with Crippen LogP contribution in [-0.4, -0.2) is 22.2 Å². The quantitative estimate of drug-likeness (QED) is 0.144. The van der Waals surface area contributed by atoms with E-state index >= 15 is 0 Å². The first-order valence-electron chi connectivity index (χ1n) is 12.0. The summed E-state index contributed by atoms with van der Waals surface area (Å²) in [6.45, 7) is 4.46. The molecule has 2 N–H and O–H groups in total. The minimum atomic E-state index is -0.659. The van der Waals surface area contributed by atoms with Crippen molar-refractivity contribution in [2.24, 2.45) is 0 Å². The van der Waals surface area contributed by atoms with Crippen LogP contribution in [0.1, 0.15) is 142 Å². The fourth-order valence-corrected chi connectivity index (χ4v) is 3.17. The Morgan fingerprint density at radius 2 is 0.655 bits per heavy atom. The van der Waals surface area contributed by atoms with Crippen LogP contribution < -0.4 is 0 Å². The van der Waals surface area contributed by atoms with Crippen LogP contribution in [-0.2, 0) is 26.7 Å². The molecule has 0 atom stereocenters. The molecule has 0 bridgehead atoms. The molecular formula is C24H48MnO4. The van der Waals surface area contributed by atoms with Gasteiger partial charge in [-0.3, -0.25) is 9.59 Å². The number of rotatable bonds is 20. The Morgan fingerprint density at radius 3 is 0.862 bits per heavy atom. The minimum absolute atomic E-state index is 0. The third-order valence-electron chi connectivity index (χ3n) is 4.99. The van der Waals surface area contributed by atoms with Crippen LogP contribution in [0.3, 0.4) is 0 Å². The number of carboxylic acids is 2. The molecule has 0 aromatic heterocycles. The van der Waals surface area contributed by atoms with Crippen molar-refractivity contribution < 1.29 is 36.9 Å². The van der Waals surface area contributed by atoms with Gasteiger partial charge in [0.05, 0.1) is 0 Å². The largest absolute Gasteiger partial charge is 0.481 e. The van der Waals surface area contributed by atoms with Crippen molar-refractivity contribution in [2.75, 3.05) is 0 Å². The zero-order valence-corrected chi connectivity index (χ0v) is 20.4. The Bertz CT molecular complexity index is 303. The van der Waals surface area contributed by atoms with Crippen molar-refractivity contribution in [3.05, 3.63) is 0 Å². The summed E-state index contributed by atoms with van der Waals surface area (Å²) in [5.41, 5.74) is 0. The molecule has 0 aliphatic heterocycles. The number of unbranched alkanes of at least 4 members (excludes halogenated alkanes) is 16. The molecular weight excluding hydrogens is 407 g/mol. The Kier molecular flexibility index (Phi) is 33.9. The van der Waals surface area contributed by atoms with E-state index in [9.17, 15) is 9.59 Å². The summed E-state index contributed by atoms with van der Waals surface area (Å²) in [7, 11) is 0. The Balaban J connectivity index is -0.000000451. The van der Waals surface area contributed by atoms with Crippen molar-refractivity contribution in [3.63, 3.8) is 0 Å². The van der Waals surface area contributed by atoms with Gasteiger partial charge in [0.2, 0.25) is 0 Å². The molecule has 0 heterocycles. The SMILES string of the molecule is CCCCCCCCCCCC(=O)O.CCCCCCCCCCCC(=O)O.[Mn]. The van der Waals surface area contributed by atoms with Gasteiger partial charge in [-0.2, -0.15) is 0 Å². The molecule has 0 saturated carbocycles. The predicted molar refractivity (Wildman–Crippen MR) is 119 cm³/mol. The molecule has 4 nitrogen and oxygen atoms in total. The van der Waals surface area contributed by atoms with Crippen molar-refractivity contribution in [1.82, 2.24) is 0 Å². The van der Waals surface area contributed by atoms with Crippen LogP contribution in [0.4, 0.5) is 0 Å². The summed E-state index contributed by atoms with van der Waals surface area (Å²) >= 11 is 0. The second kappa shape index (κ2) is 29.7. The van der Waals surface area contributed by atoms with Crippen molar-refractivity contribution in [3.8, 4) is 0 Å². The molecule has 0 aliphatic carbocycles. The van der Waals surface area contributed by atoms with Gasteiger partial charge in [0.15, 0.2) is 0 Å². The molecule has 0 aromatic rings. The van der Waals surface area contributed by atoms with E-state index in [1.165, 1.54) is 89.9 Å². The van der Waals surface area contributed by atoms with E-state index in [0.717, 1.165) is 25.7 Å². The average molecular weight is 456 g/mol. The second-order valence-electron chi connectivity index (χ2n) is 7.94. The van der Waals surface area contributed by atoms with Gasteiger partial charge in [-0.05, 0) is 12.8 Å². The van der Waals surface area contributed by atoms with Gasteiger partial charge in [0, 0.05) is 29.9 Å². The summed E-state index contributed by atoms with van der Waals surface area (Å²) in [6.07, 6.45) is 23.0. The Morgan fingerprint density at radius 1 is 0.448 bits per heavy atom. The zero-order chi connectivity index (χ0) is 21.3. The third kappa shape index (κ3) is 38.7. The Hall–Kier alpha value is -0.541. The van der Waals surface area contributed by atoms with E-state index in [1.54, 1.807) is 0 Å². The summed E-state index contributed by atoms with van der Waals surface area (Å²) in [6, 6.07) is 0. The predicted octanol–water partition coefficient (Wildman–Crippen LogP) is 7.98. The van der Waals surface area contributed by atoms with Crippen LogP contribution >= 0.6 is 0 Å². The first kappa shape index (κ1) is 33.1. The number of carboxylic acid groups (broad SMARTS) is 2. The molecule has 0 spiro atoms. The van der Waals surface area contributed by atoms with Crippen LogP contribution in [0.2, 0.25) is 0 Å². The molecule has 5 heteroatoms. The maximum atomic E-state index is 10.2. The molecule has 0 rings (SSSR count). The van der Waals surface area contributed by atoms with E-state index in [1.807, 2.05) is 0 Å². The number of aliphatic carboxylic acids is 2. The summed E-state index contributed by atoms with van der Waals surface area (Å²) in [4.78, 5) is 20.4. The topological polar surface area (TPSA) is 74.6 Å². The molecule has 0 saturated heterocycles. The first-order chi connectivity index (χ1) is 13.5. The van der Waals surface area contributed by atoms with Crippen LogP contribution in [0.5, 0.6) is 0 Å². The summed E-state index contributed by atoms with van der Waals surface area (Å²) in [5.74, 6) is -1.32. The number of carbonyl (C=O) groups is 2. The first-order valence-corrected chi connectivity index (χ1v) is 12.0. The number of hydrogen-bond acceptors (Lipinski definition) is 2. The van der Waals surface area contributed by atoms with E-state index in [4.69, 9.17) is 10.2 Å². The molecule has 175 valence electrons. The smallest absolute Gasteiger partial charge is 0.303 e. The van der Waals surface area contributed by atoms with Gasteiger partial charge in [0.25, 0.3) is 0 Å². The van der Waals surface area contributed by atoms with Gasteiger partial charge in [-0.25, -0.2) is 0 Å². The maximum absolute atomic E-state index is 10.2. The maximum Gasteiger partial charge on any atom is 0.303 e. The molecule has 0 amide bonds. The van der Waals surface area contributed by atoms with E-state index in [-0.39, 0.29) is 17.1 Å². The molecule has 0 aliphatic rings. The van der Waals surface area contributed by atoms with Crippen LogP contribution in [0.15, 0.2) is 0 Å². The van der Waals surface area contributed by atoms with Gasteiger partial charge < -0.3 is 10.2 Å². The van der Waals surface area contributed by atoms with Gasteiger partial charge in [0.1, 0.15) is 0 Å². The van der Waals surface area contributed by atoms with E-state index in [2.05, 4.69) is 13.8 Å². The fraction of sp³-hybridized carbons (Fsp3) is 0.917. The molecule has 0 aromatic carbocycles. The monoisotopic (exact) mass is 455 g/mol. The molecule has 1 radical (unpaired) electrons. The normalized spacial score (nSPS) is 10.0. The van der Waals surface area contributed by atoms with Crippen LogP contribution in [0.25, 0.3) is 0 Å². The van der Waals surface area contributed by atoms with Crippen LogP contribution in [0, 0.1) is 0 Å². The average Bonchev–Trinajstić information content (AvgIpc) is 2.65. The van der Waals surface area contributed by atoms with Gasteiger partial charge >= 0.3 is 11.9 Å². The molecule has 0 fully saturated rings. The second-order valence-corrected chi connectivity index (χ2v) is 7.94. The molecule has 29 heavy (non-hydrogen) atoms. The standard InChI is InChI=1S/2C12H24O2.Mn/c2*1-2-3-4-5-6-7-8-9-10-11-12(13)14;/h2*2-11H2,1H3,(H,13,14);. The van der Waals surface area contributed by atoms with Gasteiger partial charge in [-0.1, -0.05) is 117 Å². The summed E-state index contributed by atoms with van der Waals surface area (Å²) < 4.78 is 0.